The number of nitro groups is 1. The maximum absolute atomic E-state index is 14.6. The summed E-state index contributed by atoms with van der Waals surface area (Å²) in [5, 5.41) is 11.4. The average molecular weight is 563 g/mol. The lowest BCUT2D eigenvalue weighted by molar-refractivity contribution is -0.384. The molecule has 6 rings (SSSR count). The lowest BCUT2D eigenvalue weighted by Gasteiger charge is -2.58. The van der Waals surface area contributed by atoms with Gasteiger partial charge in [0.1, 0.15) is 0 Å². The van der Waals surface area contributed by atoms with Crippen LogP contribution < -0.4 is 0 Å². The molecule has 9 heteroatoms. The van der Waals surface area contributed by atoms with Crippen LogP contribution in [-0.4, -0.2) is 59.4 Å². The Morgan fingerprint density at radius 3 is 2.63 bits per heavy atom. The standard InChI is InChI=1S/C32H38N2O7/c1-20-17-27-25-8-7-22-19-24(35)9-11-30(22,2)26(25)10-12-31(27,3)32(20,29(37)33-13-15-40-16-14-33)41-28(36)21-5-4-6-23(18-21)34(38)39/h4-6,9,11,18-20,25-27H,7-8,10,12-17H2,1-3H3. The number of carbonyl (C=O) groups is 3. The van der Waals surface area contributed by atoms with Gasteiger partial charge < -0.3 is 14.4 Å². The maximum Gasteiger partial charge on any atom is 0.339 e. The van der Waals surface area contributed by atoms with E-state index in [1.165, 1.54) is 29.8 Å². The van der Waals surface area contributed by atoms with E-state index in [1.54, 1.807) is 11.0 Å². The van der Waals surface area contributed by atoms with Gasteiger partial charge >= 0.3 is 5.97 Å². The molecule has 7 unspecified atom stereocenters. The molecule has 7 atom stereocenters. The lowest BCUT2D eigenvalue weighted by atomic mass is 9.47. The zero-order valence-corrected chi connectivity index (χ0v) is 24.0. The molecule has 0 N–H and O–H groups in total. The van der Waals surface area contributed by atoms with Crippen molar-refractivity contribution in [3.63, 3.8) is 0 Å². The van der Waals surface area contributed by atoms with E-state index in [-0.39, 0.29) is 40.2 Å². The third-order valence-corrected chi connectivity index (χ3v) is 11.3. The predicted molar refractivity (Wildman–Crippen MR) is 150 cm³/mol. The average Bonchev–Trinajstić information content (AvgIpc) is 3.20. The normalized spacial score (nSPS) is 37.9. The Hall–Kier alpha value is -3.33. The number of non-ortho nitro benzene ring substituents is 1. The van der Waals surface area contributed by atoms with Crippen molar-refractivity contribution in [2.45, 2.75) is 58.5 Å². The first-order valence-corrected chi connectivity index (χ1v) is 14.8. The second kappa shape index (κ2) is 9.89. The Bertz CT molecular complexity index is 1360. The number of hydrogen-bond donors (Lipinski definition) is 0. The molecule has 1 saturated heterocycles. The summed E-state index contributed by atoms with van der Waals surface area (Å²) in [5.74, 6) is -0.298. The van der Waals surface area contributed by atoms with Gasteiger partial charge in [0.15, 0.2) is 11.4 Å². The monoisotopic (exact) mass is 562 g/mol. The smallest absolute Gasteiger partial charge is 0.339 e. The minimum absolute atomic E-state index is 0.0502. The van der Waals surface area contributed by atoms with E-state index < -0.39 is 21.9 Å². The second-order valence-electron chi connectivity index (χ2n) is 13.0. The van der Waals surface area contributed by atoms with Gasteiger partial charge in [-0.1, -0.05) is 38.5 Å². The minimum atomic E-state index is -1.41. The summed E-state index contributed by atoms with van der Waals surface area (Å²) < 4.78 is 12.0. The number of nitrogens with zero attached hydrogens (tertiary/aromatic N) is 2. The van der Waals surface area contributed by atoms with Crippen LogP contribution >= 0.6 is 0 Å². The van der Waals surface area contributed by atoms with Gasteiger partial charge in [-0.2, -0.15) is 0 Å². The van der Waals surface area contributed by atoms with Gasteiger partial charge in [0.05, 0.1) is 23.7 Å². The summed E-state index contributed by atoms with van der Waals surface area (Å²) in [6.45, 7) is 8.11. The summed E-state index contributed by atoms with van der Waals surface area (Å²) >= 11 is 0. The van der Waals surface area contributed by atoms with E-state index in [0.717, 1.165) is 25.7 Å². The molecule has 5 aliphatic rings. The van der Waals surface area contributed by atoms with Crippen molar-refractivity contribution in [3.05, 3.63) is 63.7 Å². The van der Waals surface area contributed by atoms with E-state index >= 15 is 0 Å². The van der Waals surface area contributed by atoms with Gasteiger partial charge in [0, 0.05) is 42.0 Å². The number of hydrogen-bond acceptors (Lipinski definition) is 7. The Morgan fingerprint density at radius 2 is 1.90 bits per heavy atom. The zero-order valence-electron chi connectivity index (χ0n) is 24.0. The molecule has 0 aromatic heterocycles. The molecule has 1 aromatic rings. The van der Waals surface area contributed by atoms with Crippen LogP contribution in [0.2, 0.25) is 0 Å². The molecule has 1 amide bonds. The van der Waals surface area contributed by atoms with E-state index in [9.17, 15) is 24.5 Å². The molecule has 41 heavy (non-hydrogen) atoms. The number of amides is 1. The molecule has 0 radical (unpaired) electrons. The van der Waals surface area contributed by atoms with Gasteiger partial charge in [0.25, 0.3) is 11.6 Å². The van der Waals surface area contributed by atoms with Crippen LogP contribution in [0.15, 0.2) is 48.1 Å². The quantitative estimate of drug-likeness (QED) is 0.291. The second-order valence-corrected chi connectivity index (χ2v) is 13.0. The molecule has 218 valence electrons. The number of fused-ring (bicyclic) bond motifs is 5. The molecular formula is C32H38N2O7. The number of ketones is 1. The lowest BCUT2D eigenvalue weighted by Crippen LogP contribution is -2.65. The summed E-state index contributed by atoms with van der Waals surface area (Å²) in [4.78, 5) is 53.3. The number of benzene rings is 1. The Balaban J connectivity index is 1.40. The number of carbonyl (C=O) groups excluding carboxylic acids is 3. The fraction of sp³-hybridized carbons (Fsp3) is 0.594. The van der Waals surface area contributed by atoms with Gasteiger partial charge in [-0.25, -0.2) is 4.79 Å². The van der Waals surface area contributed by atoms with Crippen molar-refractivity contribution in [1.82, 2.24) is 4.90 Å². The largest absolute Gasteiger partial charge is 0.444 e. The Morgan fingerprint density at radius 1 is 1.15 bits per heavy atom. The molecule has 3 saturated carbocycles. The van der Waals surface area contributed by atoms with Crippen LogP contribution in [0.25, 0.3) is 0 Å². The number of nitro benzene ring substituents is 1. The summed E-state index contributed by atoms with van der Waals surface area (Å²) in [6, 6.07) is 5.53. The van der Waals surface area contributed by atoms with E-state index in [4.69, 9.17) is 9.47 Å². The van der Waals surface area contributed by atoms with Crippen LogP contribution in [-0.2, 0) is 19.1 Å². The van der Waals surface area contributed by atoms with E-state index in [2.05, 4.69) is 19.9 Å². The van der Waals surface area contributed by atoms with Gasteiger partial charge in [0.2, 0.25) is 0 Å². The number of morpholine rings is 1. The highest BCUT2D eigenvalue weighted by atomic mass is 16.6. The summed E-state index contributed by atoms with van der Waals surface area (Å²) in [6.07, 6.45) is 9.67. The number of allylic oxidation sites excluding steroid dienone is 4. The summed E-state index contributed by atoms with van der Waals surface area (Å²) in [7, 11) is 0. The molecule has 4 aliphatic carbocycles. The fourth-order valence-corrected chi connectivity index (χ4v) is 9.19. The van der Waals surface area contributed by atoms with Crippen molar-refractivity contribution >= 4 is 23.3 Å². The molecule has 1 aliphatic heterocycles. The third kappa shape index (κ3) is 4.10. The highest BCUT2D eigenvalue weighted by Crippen LogP contribution is 2.69. The topological polar surface area (TPSA) is 116 Å². The van der Waals surface area contributed by atoms with Crippen molar-refractivity contribution in [2.24, 2.45) is 34.5 Å². The van der Waals surface area contributed by atoms with Gasteiger partial charge in [-0.05, 0) is 68.1 Å². The molecule has 9 nitrogen and oxygen atoms in total. The van der Waals surface area contributed by atoms with Gasteiger partial charge in [-0.3, -0.25) is 19.7 Å². The van der Waals surface area contributed by atoms with Crippen LogP contribution in [0.4, 0.5) is 5.69 Å². The van der Waals surface area contributed by atoms with Crippen LogP contribution in [0.3, 0.4) is 0 Å². The first-order chi connectivity index (χ1) is 19.5. The molecule has 1 heterocycles. The maximum atomic E-state index is 14.6. The van der Waals surface area contributed by atoms with E-state index in [0.29, 0.717) is 44.6 Å². The highest BCUT2D eigenvalue weighted by molar-refractivity contribution is 6.01. The minimum Gasteiger partial charge on any atom is -0.444 e. The molecule has 0 spiro atoms. The molecular weight excluding hydrogens is 524 g/mol. The summed E-state index contributed by atoms with van der Waals surface area (Å²) in [5.41, 5.74) is -1.15. The highest BCUT2D eigenvalue weighted by Gasteiger charge is 2.72. The Labute approximate surface area is 240 Å². The van der Waals surface area contributed by atoms with Crippen LogP contribution in [0, 0.1) is 44.6 Å². The first-order valence-electron chi connectivity index (χ1n) is 14.8. The van der Waals surface area contributed by atoms with Crippen LogP contribution in [0.1, 0.15) is 63.2 Å². The van der Waals surface area contributed by atoms with Crippen molar-refractivity contribution in [1.29, 1.82) is 0 Å². The zero-order chi connectivity index (χ0) is 29.2. The number of rotatable bonds is 4. The first kappa shape index (κ1) is 27.8. The number of esters is 1. The molecule has 4 fully saturated rings. The van der Waals surface area contributed by atoms with E-state index in [1.807, 2.05) is 13.0 Å². The molecule has 0 bridgehead atoms. The number of ether oxygens (including phenoxy) is 2. The fourth-order valence-electron chi connectivity index (χ4n) is 9.19. The molecule has 1 aromatic carbocycles. The van der Waals surface area contributed by atoms with Crippen LogP contribution in [0.5, 0.6) is 0 Å². The SMILES string of the molecule is CC1CC2C3CCC4=CC(=O)C=CC4(C)C3CCC2(C)C1(OC(=O)c1cccc([N+](=O)[O-])c1)C(=O)N1CCOCC1. The van der Waals surface area contributed by atoms with Crippen molar-refractivity contribution in [3.8, 4) is 0 Å². The Kier molecular flexibility index (Phi) is 6.71. The van der Waals surface area contributed by atoms with Crippen molar-refractivity contribution in [2.75, 3.05) is 26.3 Å². The predicted octanol–water partition coefficient (Wildman–Crippen LogP) is 4.90. The van der Waals surface area contributed by atoms with Gasteiger partial charge in [-0.15, -0.1) is 0 Å². The van der Waals surface area contributed by atoms with Crippen molar-refractivity contribution < 1.29 is 28.8 Å². The third-order valence-electron chi connectivity index (χ3n) is 11.3.